The lowest BCUT2D eigenvalue weighted by Crippen LogP contribution is -2.37. The van der Waals surface area contributed by atoms with E-state index in [0.29, 0.717) is 11.4 Å². The fourth-order valence-electron chi connectivity index (χ4n) is 5.15. The molecule has 2 nitrogen and oxygen atoms in total. The number of ether oxygens (including phenoxy) is 1. The summed E-state index contributed by atoms with van der Waals surface area (Å²) in [6, 6.07) is 25.9. The fraction of sp³-hybridized carbons (Fsp3) is 0.345. The topological polar surface area (TPSA) is 26.3 Å². The van der Waals surface area contributed by atoms with Gasteiger partial charge in [0.1, 0.15) is 0 Å². The largest absolute Gasteiger partial charge is 0.444 e. The Kier molecular flexibility index (Phi) is 6.71. The molecule has 0 aliphatic heterocycles. The molecule has 4 rings (SSSR count). The number of hydrogen-bond acceptors (Lipinski definition) is 2. The summed E-state index contributed by atoms with van der Waals surface area (Å²) >= 11 is 6.76. The zero-order valence-electron chi connectivity index (χ0n) is 18.9. The van der Waals surface area contributed by atoms with E-state index in [2.05, 4.69) is 26.0 Å². The lowest BCUT2D eigenvalue weighted by molar-refractivity contribution is -0.156. The van der Waals surface area contributed by atoms with Crippen LogP contribution in [0.2, 0.25) is 5.02 Å². The summed E-state index contributed by atoms with van der Waals surface area (Å²) in [6.07, 6.45) is 5.99. The van der Waals surface area contributed by atoms with E-state index in [-0.39, 0.29) is 11.4 Å². The molecular formula is C29H31ClO2. The van der Waals surface area contributed by atoms with Crippen molar-refractivity contribution in [3.8, 4) is 0 Å². The minimum atomic E-state index is -1.11. The first kappa shape index (κ1) is 22.6. The normalized spacial score (nSPS) is 17.0. The quantitative estimate of drug-likeness (QED) is 0.273. The molecule has 1 atom stereocenters. The van der Waals surface area contributed by atoms with Crippen LogP contribution < -0.4 is 0 Å². The van der Waals surface area contributed by atoms with Crippen molar-refractivity contribution in [3.05, 3.63) is 106 Å². The highest BCUT2D eigenvalue weighted by Gasteiger charge is 2.44. The molecule has 0 saturated heterocycles. The Morgan fingerprint density at radius 3 is 2.12 bits per heavy atom. The van der Waals surface area contributed by atoms with Crippen molar-refractivity contribution in [2.24, 2.45) is 5.41 Å². The second-order valence-corrected chi connectivity index (χ2v) is 9.51. The zero-order chi connectivity index (χ0) is 22.6. The number of halogens is 1. The molecule has 0 radical (unpaired) electrons. The predicted octanol–water partition coefficient (Wildman–Crippen LogP) is 7.84. The Hall–Kier alpha value is -2.58. The first-order valence-corrected chi connectivity index (χ1v) is 12.0. The van der Waals surface area contributed by atoms with Crippen molar-refractivity contribution < 1.29 is 9.53 Å². The second-order valence-electron chi connectivity index (χ2n) is 9.10. The summed E-state index contributed by atoms with van der Waals surface area (Å²) in [5.41, 5.74) is 2.65. The van der Waals surface area contributed by atoms with Crippen molar-refractivity contribution in [2.45, 2.75) is 58.0 Å². The van der Waals surface area contributed by atoms with Crippen LogP contribution in [0.5, 0.6) is 0 Å². The zero-order valence-corrected chi connectivity index (χ0v) is 19.7. The van der Waals surface area contributed by atoms with Gasteiger partial charge in [-0.1, -0.05) is 110 Å². The number of carbonyl (C=O) groups excluding carboxylic acids is 1. The average molecular weight is 447 g/mol. The number of aryl methyl sites for hydroxylation is 1. The van der Waals surface area contributed by atoms with E-state index in [1.54, 1.807) is 0 Å². The van der Waals surface area contributed by atoms with E-state index in [9.17, 15) is 4.79 Å². The summed E-state index contributed by atoms with van der Waals surface area (Å²) in [4.78, 5) is 13.6. The van der Waals surface area contributed by atoms with Crippen LogP contribution in [0.1, 0.15) is 67.7 Å². The molecule has 166 valence electrons. The summed E-state index contributed by atoms with van der Waals surface area (Å²) in [6.45, 7) is 4.25. The molecule has 0 aromatic heterocycles. The number of esters is 1. The number of benzene rings is 3. The highest BCUT2D eigenvalue weighted by Crippen LogP contribution is 2.47. The molecular weight excluding hydrogens is 416 g/mol. The van der Waals surface area contributed by atoms with Gasteiger partial charge in [-0.25, -0.2) is 0 Å². The standard InChI is InChI=1S/C29H31ClO2/c1-3-28(19-9-10-20-28)21-27(31)32-29(23-11-5-4-6-12-23,24-17-15-22(2)16-18-24)25-13-7-8-14-26(25)30/h4-8,11-18H,3,9-10,19-21H2,1-2H3. The Labute approximate surface area is 196 Å². The van der Waals surface area contributed by atoms with Crippen molar-refractivity contribution in [1.82, 2.24) is 0 Å². The van der Waals surface area contributed by atoms with Gasteiger partial charge in [0.15, 0.2) is 5.60 Å². The monoisotopic (exact) mass is 446 g/mol. The molecule has 0 amide bonds. The minimum Gasteiger partial charge on any atom is -0.444 e. The Bertz CT molecular complexity index is 1050. The van der Waals surface area contributed by atoms with E-state index in [4.69, 9.17) is 16.3 Å². The van der Waals surface area contributed by atoms with E-state index in [1.165, 1.54) is 12.8 Å². The summed E-state index contributed by atoms with van der Waals surface area (Å²) < 4.78 is 6.58. The molecule has 3 aromatic carbocycles. The van der Waals surface area contributed by atoms with Crippen molar-refractivity contribution >= 4 is 17.6 Å². The maximum absolute atomic E-state index is 13.6. The molecule has 1 unspecified atom stereocenters. The molecule has 0 N–H and O–H groups in total. The molecule has 0 bridgehead atoms. The predicted molar refractivity (Wildman–Crippen MR) is 131 cm³/mol. The molecule has 1 saturated carbocycles. The minimum absolute atomic E-state index is 0.0489. The van der Waals surface area contributed by atoms with Gasteiger partial charge in [-0.15, -0.1) is 0 Å². The highest BCUT2D eigenvalue weighted by molar-refractivity contribution is 6.31. The van der Waals surface area contributed by atoms with Crippen molar-refractivity contribution in [2.75, 3.05) is 0 Å². The van der Waals surface area contributed by atoms with Crippen LogP contribution in [-0.2, 0) is 15.1 Å². The van der Waals surface area contributed by atoms with E-state index in [1.807, 2.05) is 66.7 Å². The lowest BCUT2D eigenvalue weighted by atomic mass is 9.78. The van der Waals surface area contributed by atoms with Crippen molar-refractivity contribution in [1.29, 1.82) is 0 Å². The molecule has 1 aliphatic rings. The maximum Gasteiger partial charge on any atom is 0.307 e. The van der Waals surface area contributed by atoms with Crippen LogP contribution >= 0.6 is 11.6 Å². The van der Waals surface area contributed by atoms with Gasteiger partial charge in [0.05, 0.1) is 6.42 Å². The van der Waals surface area contributed by atoms with Gasteiger partial charge in [0, 0.05) is 21.7 Å². The van der Waals surface area contributed by atoms with E-state index >= 15 is 0 Å². The molecule has 1 fully saturated rings. The van der Waals surface area contributed by atoms with Gasteiger partial charge >= 0.3 is 5.97 Å². The number of rotatable bonds is 7. The third kappa shape index (κ3) is 4.34. The summed E-state index contributed by atoms with van der Waals surface area (Å²) in [5.74, 6) is -0.168. The summed E-state index contributed by atoms with van der Waals surface area (Å²) in [7, 11) is 0. The first-order chi connectivity index (χ1) is 15.5. The van der Waals surface area contributed by atoms with Crippen LogP contribution in [0.4, 0.5) is 0 Å². The molecule has 32 heavy (non-hydrogen) atoms. The Balaban J connectivity index is 1.87. The van der Waals surface area contributed by atoms with Gasteiger partial charge in [-0.05, 0) is 37.7 Å². The Morgan fingerprint density at radius 1 is 0.906 bits per heavy atom. The third-order valence-corrected chi connectivity index (χ3v) is 7.42. The Morgan fingerprint density at radius 2 is 1.50 bits per heavy atom. The SMILES string of the molecule is CCC1(CC(=O)OC(c2ccccc2)(c2ccc(C)cc2)c2ccccc2Cl)CCCC1. The van der Waals surface area contributed by atoms with Crippen LogP contribution in [0.15, 0.2) is 78.9 Å². The smallest absolute Gasteiger partial charge is 0.307 e. The van der Waals surface area contributed by atoms with Crippen LogP contribution in [0, 0.1) is 12.3 Å². The van der Waals surface area contributed by atoms with Gasteiger partial charge in [0.25, 0.3) is 0 Å². The van der Waals surface area contributed by atoms with Crippen LogP contribution in [0.25, 0.3) is 0 Å². The summed E-state index contributed by atoms with van der Waals surface area (Å²) in [5, 5.41) is 0.579. The molecule has 0 spiro atoms. The molecule has 0 heterocycles. The first-order valence-electron chi connectivity index (χ1n) is 11.6. The van der Waals surface area contributed by atoms with E-state index in [0.717, 1.165) is 41.5 Å². The second kappa shape index (κ2) is 9.50. The maximum atomic E-state index is 13.6. The van der Waals surface area contributed by atoms with Crippen LogP contribution in [0.3, 0.4) is 0 Å². The third-order valence-electron chi connectivity index (χ3n) is 7.09. The van der Waals surface area contributed by atoms with Gasteiger partial charge in [-0.3, -0.25) is 4.79 Å². The fourth-order valence-corrected chi connectivity index (χ4v) is 5.42. The number of carbonyl (C=O) groups is 1. The van der Waals surface area contributed by atoms with Gasteiger partial charge in [-0.2, -0.15) is 0 Å². The lowest BCUT2D eigenvalue weighted by Gasteiger charge is -2.37. The number of hydrogen-bond donors (Lipinski definition) is 0. The van der Waals surface area contributed by atoms with Crippen LogP contribution in [-0.4, -0.2) is 5.97 Å². The van der Waals surface area contributed by atoms with Crippen molar-refractivity contribution in [3.63, 3.8) is 0 Å². The van der Waals surface area contributed by atoms with Gasteiger partial charge < -0.3 is 4.74 Å². The molecule has 1 aliphatic carbocycles. The van der Waals surface area contributed by atoms with Gasteiger partial charge in [0.2, 0.25) is 0 Å². The average Bonchev–Trinajstić information content (AvgIpc) is 3.28. The highest BCUT2D eigenvalue weighted by atomic mass is 35.5. The molecule has 3 heteroatoms. The molecule has 3 aromatic rings. The van der Waals surface area contributed by atoms with E-state index < -0.39 is 5.60 Å².